The molecule has 0 bridgehead atoms. The van der Waals surface area contributed by atoms with E-state index in [4.69, 9.17) is 4.74 Å². The predicted molar refractivity (Wildman–Crippen MR) is 111 cm³/mol. The first-order valence-electron chi connectivity index (χ1n) is 8.92. The van der Waals surface area contributed by atoms with Crippen LogP contribution in [0.1, 0.15) is 18.2 Å². The number of H-pyrrole nitrogens is 1. The van der Waals surface area contributed by atoms with Gasteiger partial charge in [0.2, 0.25) is 5.91 Å². The fraction of sp³-hybridized carbons (Fsp3) is 0.190. The van der Waals surface area contributed by atoms with E-state index in [2.05, 4.69) is 15.3 Å². The molecule has 1 amide bonds. The van der Waals surface area contributed by atoms with Gasteiger partial charge in [0.15, 0.2) is 5.16 Å². The van der Waals surface area contributed by atoms with E-state index in [1.807, 2.05) is 49.4 Å². The molecule has 0 radical (unpaired) electrons. The fourth-order valence-electron chi connectivity index (χ4n) is 2.58. The van der Waals surface area contributed by atoms with Crippen LogP contribution in [0.15, 0.2) is 70.6 Å². The average molecular weight is 395 g/mol. The number of thioether (sulfide) groups is 1. The Hall–Kier alpha value is -3.06. The average Bonchev–Trinajstić information content (AvgIpc) is 2.68. The third-order valence-corrected chi connectivity index (χ3v) is 4.74. The van der Waals surface area contributed by atoms with Gasteiger partial charge in [0.25, 0.3) is 5.56 Å². The van der Waals surface area contributed by atoms with E-state index in [1.54, 1.807) is 12.1 Å². The third kappa shape index (κ3) is 5.72. The monoisotopic (exact) mass is 395 g/mol. The number of nitrogens with one attached hydrogen (secondary N) is 2. The molecule has 144 valence electrons. The summed E-state index contributed by atoms with van der Waals surface area (Å²) in [6, 6.07) is 18.5. The number of aromatic nitrogens is 2. The van der Waals surface area contributed by atoms with Crippen molar-refractivity contribution < 1.29 is 9.53 Å². The first-order chi connectivity index (χ1) is 13.6. The number of hydrogen-bond donors (Lipinski definition) is 2. The summed E-state index contributed by atoms with van der Waals surface area (Å²) in [4.78, 5) is 31.5. The van der Waals surface area contributed by atoms with E-state index in [0.717, 1.165) is 5.56 Å². The maximum atomic E-state index is 12.4. The quantitative estimate of drug-likeness (QED) is 0.449. The summed E-state index contributed by atoms with van der Waals surface area (Å²) in [6.07, 6.45) is 0.00325. The Labute approximate surface area is 167 Å². The maximum absolute atomic E-state index is 12.4. The van der Waals surface area contributed by atoms with Crippen molar-refractivity contribution in [2.45, 2.75) is 24.3 Å². The van der Waals surface area contributed by atoms with Crippen LogP contribution in [0.4, 0.5) is 5.69 Å². The van der Waals surface area contributed by atoms with Crippen LogP contribution >= 0.6 is 11.8 Å². The van der Waals surface area contributed by atoms with Crippen molar-refractivity contribution >= 4 is 23.4 Å². The number of amides is 1. The lowest BCUT2D eigenvalue weighted by Crippen LogP contribution is -2.18. The predicted octanol–water partition coefficient (Wildman–Crippen LogP) is 3.64. The summed E-state index contributed by atoms with van der Waals surface area (Å²) in [6.45, 7) is 2.39. The van der Waals surface area contributed by atoms with Crippen molar-refractivity contribution in [3.8, 4) is 5.75 Å². The molecule has 0 saturated carbocycles. The third-order valence-electron chi connectivity index (χ3n) is 3.79. The van der Waals surface area contributed by atoms with Gasteiger partial charge in [-0.05, 0) is 24.6 Å². The van der Waals surface area contributed by atoms with Crippen LogP contribution in [-0.4, -0.2) is 22.5 Å². The topological polar surface area (TPSA) is 84.1 Å². The zero-order valence-corrected chi connectivity index (χ0v) is 16.3. The molecule has 0 aliphatic rings. The van der Waals surface area contributed by atoms with Crippen molar-refractivity contribution in [3.05, 3.63) is 82.3 Å². The van der Waals surface area contributed by atoms with Gasteiger partial charge in [-0.15, -0.1) is 0 Å². The van der Waals surface area contributed by atoms with Crippen molar-refractivity contribution in [1.29, 1.82) is 0 Å². The lowest BCUT2D eigenvalue weighted by Gasteiger charge is -2.11. The van der Waals surface area contributed by atoms with Crippen molar-refractivity contribution in [1.82, 2.24) is 9.97 Å². The van der Waals surface area contributed by atoms with Crippen molar-refractivity contribution in [2.24, 2.45) is 0 Å². The number of benzene rings is 2. The molecule has 2 aromatic carbocycles. The number of anilines is 1. The molecular formula is C21H21N3O3S. The van der Waals surface area contributed by atoms with Gasteiger partial charge in [0.1, 0.15) is 5.75 Å². The van der Waals surface area contributed by atoms with Crippen molar-refractivity contribution in [3.63, 3.8) is 0 Å². The highest BCUT2D eigenvalue weighted by Crippen LogP contribution is 2.24. The number of ether oxygens (including phenoxy) is 1. The van der Waals surface area contributed by atoms with E-state index < -0.39 is 0 Å². The van der Waals surface area contributed by atoms with Crippen LogP contribution in [0, 0.1) is 0 Å². The SMILES string of the molecule is CCOc1ccccc1NC(=O)Cc1cc(=O)[nH]c(SCc2ccccc2)n1. The standard InChI is InChI=1S/C21H21N3O3S/c1-2-27-18-11-7-6-10-17(18)23-19(25)12-16-13-20(26)24-21(22-16)28-14-15-8-4-3-5-9-15/h3-11,13H,2,12,14H2,1H3,(H,23,25)(H,22,24,26). The molecule has 0 aliphatic heterocycles. The van der Waals surface area contributed by atoms with E-state index >= 15 is 0 Å². The molecule has 2 N–H and O–H groups in total. The summed E-state index contributed by atoms with van der Waals surface area (Å²) in [5, 5.41) is 3.31. The van der Waals surface area contributed by atoms with Gasteiger partial charge in [-0.25, -0.2) is 4.98 Å². The number of carbonyl (C=O) groups is 1. The Morgan fingerprint density at radius 1 is 1.14 bits per heavy atom. The highest BCUT2D eigenvalue weighted by Gasteiger charge is 2.11. The second-order valence-corrected chi connectivity index (χ2v) is 6.93. The minimum absolute atomic E-state index is 0.00325. The van der Waals surface area contributed by atoms with Gasteiger partial charge >= 0.3 is 0 Å². The summed E-state index contributed by atoms with van der Waals surface area (Å²) >= 11 is 1.42. The molecule has 28 heavy (non-hydrogen) atoms. The first-order valence-corrected chi connectivity index (χ1v) is 9.91. The smallest absolute Gasteiger partial charge is 0.251 e. The Bertz CT molecular complexity index is 989. The zero-order valence-electron chi connectivity index (χ0n) is 15.5. The molecule has 0 fully saturated rings. The molecule has 1 aromatic heterocycles. The van der Waals surface area contributed by atoms with Crippen LogP contribution in [0.5, 0.6) is 5.75 Å². The number of nitrogens with zero attached hydrogens (tertiary/aromatic N) is 1. The molecule has 1 heterocycles. The summed E-state index contributed by atoms with van der Waals surface area (Å²) in [5.74, 6) is 1.03. The summed E-state index contributed by atoms with van der Waals surface area (Å²) in [7, 11) is 0. The molecule has 7 heteroatoms. The van der Waals surface area contributed by atoms with E-state index in [9.17, 15) is 9.59 Å². The molecule has 0 atom stereocenters. The maximum Gasteiger partial charge on any atom is 0.251 e. The molecule has 0 saturated heterocycles. The van der Waals surface area contributed by atoms with Crippen molar-refractivity contribution in [2.75, 3.05) is 11.9 Å². The number of rotatable bonds is 8. The van der Waals surface area contributed by atoms with E-state index in [0.29, 0.717) is 34.6 Å². The Morgan fingerprint density at radius 2 is 1.89 bits per heavy atom. The molecular weight excluding hydrogens is 374 g/mol. The van der Waals surface area contributed by atoms with Gasteiger partial charge in [0, 0.05) is 11.8 Å². The minimum atomic E-state index is -0.275. The Morgan fingerprint density at radius 3 is 2.68 bits per heavy atom. The normalized spacial score (nSPS) is 10.5. The number of carbonyl (C=O) groups excluding carboxylic acids is 1. The molecule has 6 nitrogen and oxygen atoms in total. The fourth-order valence-corrected chi connectivity index (χ4v) is 3.43. The van der Waals surface area contributed by atoms with Gasteiger partial charge in [-0.2, -0.15) is 0 Å². The lowest BCUT2D eigenvalue weighted by molar-refractivity contribution is -0.115. The molecule has 0 spiro atoms. The minimum Gasteiger partial charge on any atom is -0.492 e. The van der Waals surface area contributed by atoms with Crippen LogP contribution < -0.4 is 15.6 Å². The lowest BCUT2D eigenvalue weighted by atomic mass is 10.2. The second-order valence-electron chi connectivity index (χ2n) is 5.97. The van der Waals surface area contributed by atoms with Crippen LogP contribution in [0.25, 0.3) is 0 Å². The second kappa shape index (κ2) is 9.75. The van der Waals surface area contributed by atoms with Gasteiger partial charge in [-0.3, -0.25) is 9.59 Å². The van der Waals surface area contributed by atoms with Gasteiger partial charge in [0.05, 0.1) is 24.4 Å². The van der Waals surface area contributed by atoms with E-state index in [1.165, 1.54) is 17.8 Å². The summed E-state index contributed by atoms with van der Waals surface area (Å²) < 4.78 is 5.51. The Kier molecular flexibility index (Phi) is 6.86. The molecule has 0 aliphatic carbocycles. The largest absolute Gasteiger partial charge is 0.492 e. The zero-order chi connectivity index (χ0) is 19.8. The van der Waals surface area contributed by atoms with Crippen LogP contribution in [-0.2, 0) is 17.0 Å². The highest BCUT2D eigenvalue weighted by atomic mass is 32.2. The molecule has 3 aromatic rings. The first kappa shape index (κ1) is 19.7. The summed E-state index contributed by atoms with van der Waals surface area (Å²) in [5.41, 5.74) is 1.87. The molecule has 0 unspecified atom stereocenters. The number of aromatic amines is 1. The number of para-hydroxylation sites is 2. The highest BCUT2D eigenvalue weighted by molar-refractivity contribution is 7.98. The van der Waals surface area contributed by atoms with Crippen LogP contribution in [0.2, 0.25) is 0 Å². The number of hydrogen-bond acceptors (Lipinski definition) is 5. The molecule has 3 rings (SSSR count). The van der Waals surface area contributed by atoms with Gasteiger partial charge in [-0.1, -0.05) is 54.2 Å². The Balaban J connectivity index is 1.66. The van der Waals surface area contributed by atoms with Crippen LogP contribution in [0.3, 0.4) is 0 Å². The van der Waals surface area contributed by atoms with E-state index in [-0.39, 0.29) is 17.9 Å². The van der Waals surface area contributed by atoms with Gasteiger partial charge < -0.3 is 15.0 Å².